The highest BCUT2D eigenvalue weighted by atomic mass is 19.4. The molecular weight excluding hydrogens is 357 g/mol. The van der Waals surface area contributed by atoms with Gasteiger partial charge >= 0.3 is 18.1 Å². The Morgan fingerprint density at radius 1 is 1.27 bits per heavy atom. The van der Waals surface area contributed by atoms with E-state index in [1.54, 1.807) is 0 Å². The third-order valence-corrected chi connectivity index (χ3v) is 3.78. The number of carboxylic acids is 1. The summed E-state index contributed by atoms with van der Waals surface area (Å²) < 4.78 is 36.5. The molecule has 7 nitrogen and oxygen atoms in total. The smallest absolute Gasteiger partial charge is 0.475 e. The zero-order valence-electron chi connectivity index (χ0n) is 15.1. The number of nitrogens with zero attached hydrogens (tertiary/aromatic N) is 1. The van der Waals surface area contributed by atoms with Gasteiger partial charge < -0.3 is 20.1 Å². The van der Waals surface area contributed by atoms with Gasteiger partial charge in [0.1, 0.15) is 0 Å². The third kappa shape index (κ3) is 10.0. The summed E-state index contributed by atoms with van der Waals surface area (Å²) in [6.45, 7) is 9.34. The third-order valence-electron chi connectivity index (χ3n) is 3.78. The average Bonchev–Trinajstić information content (AvgIpc) is 2.49. The van der Waals surface area contributed by atoms with Gasteiger partial charge in [0.2, 0.25) is 5.91 Å². The fourth-order valence-corrected chi connectivity index (χ4v) is 2.03. The fourth-order valence-electron chi connectivity index (χ4n) is 2.03. The lowest BCUT2D eigenvalue weighted by molar-refractivity contribution is -0.192. The van der Waals surface area contributed by atoms with Crippen LogP contribution < -0.4 is 5.32 Å². The van der Waals surface area contributed by atoms with Crippen LogP contribution in [0.5, 0.6) is 0 Å². The summed E-state index contributed by atoms with van der Waals surface area (Å²) in [6, 6.07) is 0. The van der Waals surface area contributed by atoms with E-state index in [-0.39, 0.29) is 24.0 Å². The number of likely N-dealkylation sites (tertiary alicyclic amines) is 1. The van der Waals surface area contributed by atoms with Crippen molar-refractivity contribution in [2.75, 3.05) is 26.7 Å². The van der Waals surface area contributed by atoms with Crippen LogP contribution in [0.1, 0.15) is 33.1 Å². The van der Waals surface area contributed by atoms with Gasteiger partial charge in [-0.2, -0.15) is 13.2 Å². The molecule has 0 aromatic rings. The number of ether oxygens (including phenoxy) is 1. The van der Waals surface area contributed by atoms with Gasteiger partial charge in [0.15, 0.2) is 0 Å². The summed E-state index contributed by atoms with van der Waals surface area (Å²) >= 11 is 0. The molecule has 150 valence electrons. The summed E-state index contributed by atoms with van der Waals surface area (Å²) in [7, 11) is 2.08. The molecule has 10 heteroatoms. The van der Waals surface area contributed by atoms with Crippen LogP contribution in [0.25, 0.3) is 0 Å². The molecule has 1 rings (SSSR count). The number of carboxylic acid groups (broad SMARTS) is 1. The summed E-state index contributed by atoms with van der Waals surface area (Å²) in [5.74, 6) is -3.23. The van der Waals surface area contributed by atoms with Crippen molar-refractivity contribution in [3.8, 4) is 0 Å². The van der Waals surface area contributed by atoms with Crippen molar-refractivity contribution < 1.29 is 37.4 Å². The fraction of sp³-hybridized carbons (Fsp3) is 0.688. The Kier molecular flexibility index (Phi) is 9.33. The van der Waals surface area contributed by atoms with Crippen LogP contribution in [-0.2, 0) is 19.1 Å². The summed E-state index contributed by atoms with van der Waals surface area (Å²) in [5, 5.41) is 10.2. The number of piperidine rings is 1. The molecule has 1 amide bonds. The average molecular weight is 382 g/mol. The quantitative estimate of drug-likeness (QED) is 0.555. The highest BCUT2D eigenvalue weighted by molar-refractivity contribution is 5.93. The Hall–Kier alpha value is -2.10. The molecule has 1 saturated heterocycles. The first kappa shape index (κ1) is 23.9. The van der Waals surface area contributed by atoms with E-state index in [0.29, 0.717) is 12.0 Å². The van der Waals surface area contributed by atoms with Gasteiger partial charge in [0.25, 0.3) is 0 Å². The zero-order chi connectivity index (χ0) is 20.5. The van der Waals surface area contributed by atoms with Crippen LogP contribution in [-0.4, -0.2) is 66.3 Å². The Balaban J connectivity index is 0.000000758. The largest absolute Gasteiger partial charge is 0.490 e. The van der Waals surface area contributed by atoms with Gasteiger partial charge in [-0.05, 0) is 26.8 Å². The summed E-state index contributed by atoms with van der Waals surface area (Å²) in [6.07, 6.45) is -2.83. The van der Waals surface area contributed by atoms with Crippen LogP contribution in [0.3, 0.4) is 0 Å². The van der Waals surface area contributed by atoms with E-state index in [0.717, 1.165) is 25.9 Å². The number of carbonyl (C=O) groups excluding carboxylic acids is 2. The Morgan fingerprint density at radius 2 is 1.73 bits per heavy atom. The van der Waals surface area contributed by atoms with E-state index >= 15 is 0 Å². The maximum Gasteiger partial charge on any atom is 0.490 e. The lowest BCUT2D eigenvalue weighted by Crippen LogP contribution is -2.52. The molecule has 0 bridgehead atoms. The molecule has 0 aromatic carbocycles. The van der Waals surface area contributed by atoms with Gasteiger partial charge in [0.05, 0.1) is 6.61 Å². The van der Waals surface area contributed by atoms with E-state index in [4.69, 9.17) is 14.6 Å². The molecule has 0 atom stereocenters. The number of halogens is 3. The van der Waals surface area contributed by atoms with Crippen molar-refractivity contribution in [1.82, 2.24) is 10.2 Å². The number of alkyl halides is 3. The molecule has 1 aliphatic rings. The van der Waals surface area contributed by atoms with Gasteiger partial charge in [0, 0.05) is 37.5 Å². The molecule has 0 radical (unpaired) electrons. The van der Waals surface area contributed by atoms with Gasteiger partial charge in [-0.15, -0.1) is 0 Å². The number of hydrogen-bond acceptors (Lipinski definition) is 5. The first-order chi connectivity index (χ1) is 11.8. The van der Waals surface area contributed by atoms with Gasteiger partial charge in [-0.3, -0.25) is 9.59 Å². The topological polar surface area (TPSA) is 95.9 Å². The molecule has 0 spiro atoms. The lowest BCUT2D eigenvalue weighted by atomic mass is 9.89. The van der Waals surface area contributed by atoms with Crippen LogP contribution in [0.2, 0.25) is 0 Å². The number of carbonyl (C=O) groups is 3. The maximum absolute atomic E-state index is 12.0. The molecule has 2 N–H and O–H groups in total. The van der Waals surface area contributed by atoms with Crippen molar-refractivity contribution in [1.29, 1.82) is 0 Å². The number of nitrogens with one attached hydrogen (secondary N) is 1. The monoisotopic (exact) mass is 382 g/mol. The molecule has 0 unspecified atom stereocenters. The number of rotatable bonds is 5. The SMILES string of the molecule is C=C(CCOC(C)=O)C(=O)NC1(C)CCN(C)CC1.O=C(O)C(F)(F)F. The van der Waals surface area contributed by atoms with Crippen LogP contribution in [0, 0.1) is 0 Å². The number of amides is 1. The highest BCUT2D eigenvalue weighted by Crippen LogP contribution is 2.21. The van der Waals surface area contributed by atoms with E-state index in [2.05, 4.69) is 30.8 Å². The molecular formula is C16H25F3N2O5. The van der Waals surface area contributed by atoms with Gasteiger partial charge in [-0.1, -0.05) is 6.58 Å². The van der Waals surface area contributed by atoms with Crippen molar-refractivity contribution >= 4 is 17.8 Å². The molecule has 1 heterocycles. The second-order valence-corrected chi connectivity index (χ2v) is 6.31. The van der Waals surface area contributed by atoms with E-state index in [9.17, 15) is 22.8 Å². The Labute approximate surface area is 150 Å². The number of esters is 1. The molecule has 0 aromatic heterocycles. The van der Waals surface area contributed by atoms with E-state index < -0.39 is 12.1 Å². The van der Waals surface area contributed by atoms with Crippen molar-refractivity contribution in [3.05, 3.63) is 12.2 Å². The van der Waals surface area contributed by atoms with E-state index in [1.165, 1.54) is 6.92 Å². The maximum atomic E-state index is 12.0. The van der Waals surface area contributed by atoms with Crippen molar-refractivity contribution in [3.63, 3.8) is 0 Å². The first-order valence-electron chi connectivity index (χ1n) is 7.89. The molecule has 26 heavy (non-hydrogen) atoms. The zero-order valence-corrected chi connectivity index (χ0v) is 15.1. The van der Waals surface area contributed by atoms with E-state index in [1.807, 2.05) is 0 Å². The first-order valence-corrected chi connectivity index (χ1v) is 7.89. The van der Waals surface area contributed by atoms with Crippen LogP contribution in [0.4, 0.5) is 13.2 Å². The number of hydrogen-bond donors (Lipinski definition) is 2. The molecule has 1 aliphatic heterocycles. The second-order valence-electron chi connectivity index (χ2n) is 6.31. The minimum Gasteiger partial charge on any atom is -0.475 e. The lowest BCUT2D eigenvalue weighted by Gasteiger charge is -2.38. The second kappa shape index (κ2) is 10.1. The highest BCUT2D eigenvalue weighted by Gasteiger charge is 2.38. The predicted octanol–water partition coefficient (Wildman–Crippen LogP) is 1.73. The van der Waals surface area contributed by atoms with Gasteiger partial charge in [-0.25, -0.2) is 4.79 Å². The number of aliphatic carboxylic acids is 1. The molecule has 0 aliphatic carbocycles. The Bertz CT molecular complexity index is 526. The molecule has 1 fully saturated rings. The minimum atomic E-state index is -5.08. The van der Waals surface area contributed by atoms with Crippen LogP contribution >= 0.6 is 0 Å². The minimum absolute atomic E-state index is 0.140. The van der Waals surface area contributed by atoms with Crippen molar-refractivity contribution in [2.24, 2.45) is 0 Å². The predicted molar refractivity (Wildman–Crippen MR) is 87.4 cm³/mol. The van der Waals surface area contributed by atoms with Crippen molar-refractivity contribution in [2.45, 2.75) is 44.8 Å². The summed E-state index contributed by atoms with van der Waals surface area (Å²) in [5.41, 5.74) is 0.301. The van der Waals surface area contributed by atoms with Crippen LogP contribution in [0.15, 0.2) is 12.2 Å². The summed E-state index contributed by atoms with van der Waals surface area (Å²) in [4.78, 5) is 33.8. The Morgan fingerprint density at radius 3 is 2.12 bits per heavy atom. The molecule has 0 saturated carbocycles. The normalized spacial score (nSPS) is 16.7. The standard InChI is InChI=1S/C14H24N2O3.C2HF3O2/c1-11(5-10-19-12(2)17)13(18)15-14(3)6-8-16(4)9-7-14;3-2(4,5)1(6)7/h1,5-10H2,2-4H3,(H,15,18);(H,6,7).